The highest BCUT2D eigenvalue weighted by molar-refractivity contribution is 5.86. The number of fused-ring (bicyclic) bond motifs is 1. The molecule has 3 aromatic carbocycles. The van der Waals surface area contributed by atoms with Crippen molar-refractivity contribution < 1.29 is 0 Å². The Morgan fingerprint density at radius 2 is 1.04 bits per heavy atom. The van der Waals surface area contributed by atoms with Crippen LogP contribution in [0.2, 0.25) is 0 Å². The van der Waals surface area contributed by atoms with Crippen LogP contribution >= 0.6 is 0 Å². The molecule has 0 aliphatic rings. The van der Waals surface area contributed by atoms with Gasteiger partial charge in [-0.1, -0.05) is 114 Å². The molecule has 0 fully saturated rings. The molecule has 0 nitrogen and oxygen atoms in total. The Labute approximate surface area is 147 Å². The van der Waals surface area contributed by atoms with Gasteiger partial charge in [0.05, 0.1) is 0 Å². The summed E-state index contributed by atoms with van der Waals surface area (Å²) in [4.78, 5) is 0. The molecule has 3 rings (SSSR count). The summed E-state index contributed by atoms with van der Waals surface area (Å²) in [7, 11) is 0. The van der Waals surface area contributed by atoms with Gasteiger partial charge < -0.3 is 0 Å². The molecule has 0 aromatic heterocycles. The van der Waals surface area contributed by atoms with Crippen molar-refractivity contribution in [2.24, 2.45) is 0 Å². The molecule has 0 radical (unpaired) electrons. The summed E-state index contributed by atoms with van der Waals surface area (Å²) < 4.78 is 0. The van der Waals surface area contributed by atoms with Crippen LogP contribution in [-0.4, -0.2) is 0 Å². The summed E-state index contributed by atoms with van der Waals surface area (Å²) in [5, 5.41) is 2.71. The van der Waals surface area contributed by atoms with Crippen molar-refractivity contribution in [1.29, 1.82) is 0 Å². The van der Waals surface area contributed by atoms with Gasteiger partial charge in [0.1, 0.15) is 0 Å². The third kappa shape index (κ3) is 4.71. The molecule has 0 spiro atoms. The zero-order valence-electron chi connectivity index (χ0n) is 15.9. The van der Waals surface area contributed by atoms with Crippen molar-refractivity contribution in [3.05, 3.63) is 83.9 Å². The highest BCUT2D eigenvalue weighted by Crippen LogP contribution is 2.29. The van der Waals surface area contributed by atoms with Crippen molar-refractivity contribution in [2.75, 3.05) is 0 Å². The second kappa shape index (κ2) is 7.21. The minimum Gasteiger partial charge on any atom is -0.0622 e. The van der Waals surface area contributed by atoms with Crippen LogP contribution in [0.1, 0.15) is 52.7 Å². The van der Waals surface area contributed by atoms with Crippen molar-refractivity contribution in [1.82, 2.24) is 0 Å². The van der Waals surface area contributed by atoms with Crippen molar-refractivity contribution >= 4 is 10.8 Å². The van der Waals surface area contributed by atoms with E-state index in [1.54, 1.807) is 0 Å². The summed E-state index contributed by atoms with van der Waals surface area (Å²) in [5.41, 5.74) is 3.34. The van der Waals surface area contributed by atoms with Crippen molar-refractivity contribution in [3.63, 3.8) is 0 Å². The monoisotopic (exact) mass is 318 g/mol. The van der Waals surface area contributed by atoms with Crippen LogP contribution in [0.5, 0.6) is 0 Å². The molecule has 0 saturated heterocycles. The fourth-order valence-corrected chi connectivity index (χ4v) is 2.82. The van der Waals surface area contributed by atoms with E-state index >= 15 is 0 Å². The lowest BCUT2D eigenvalue weighted by Crippen LogP contribution is -2.11. The normalized spacial score (nSPS) is 11.8. The number of hydrogen-bond acceptors (Lipinski definition) is 0. The van der Waals surface area contributed by atoms with Gasteiger partial charge in [0.15, 0.2) is 0 Å². The predicted molar refractivity (Wildman–Crippen MR) is 108 cm³/mol. The minimum absolute atomic E-state index is 0.223. The Balaban J connectivity index is 0.000000185. The maximum Gasteiger partial charge on any atom is -0.0126 e. The molecule has 0 aliphatic heterocycles. The molecule has 24 heavy (non-hydrogen) atoms. The fourth-order valence-electron chi connectivity index (χ4n) is 2.82. The van der Waals surface area contributed by atoms with Gasteiger partial charge in [-0.05, 0) is 32.7 Å². The number of rotatable bonds is 0. The Morgan fingerprint density at radius 1 is 0.500 bits per heavy atom. The van der Waals surface area contributed by atoms with Crippen molar-refractivity contribution in [3.8, 4) is 0 Å². The molecule has 0 aliphatic carbocycles. The van der Waals surface area contributed by atoms with Gasteiger partial charge in [0.25, 0.3) is 0 Å². The van der Waals surface area contributed by atoms with Crippen LogP contribution in [0.15, 0.2) is 72.8 Å². The zero-order valence-corrected chi connectivity index (χ0v) is 15.9. The molecular formula is C24H30. The van der Waals surface area contributed by atoms with Crippen LogP contribution in [-0.2, 0) is 10.8 Å². The molecule has 0 heterocycles. The van der Waals surface area contributed by atoms with E-state index in [-0.39, 0.29) is 5.41 Å². The average Bonchev–Trinajstić information content (AvgIpc) is 2.54. The maximum atomic E-state index is 2.26. The predicted octanol–water partition coefficient (Wildman–Crippen LogP) is 7.12. The topological polar surface area (TPSA) is 0 Å². The molecular weight excluding hydrogens is 288 g/mol. The molecule has 0 amide bonds. The van der Waals surface area contributed by atoms with E-state index in [0.29, 0.717) is 5.41 Å². The smallest absolute Gasteiger partial charge is 0.0126 e. The van der Waals surface area contributed by atoms with Gasteiger partial charge >= 0.3 is 0 Å². The zero-order chi connectivity index (χ0) is 17.8. The molecule has 0 atom stereocenters. The average molecular weight is 319 g/mol. The van der Waals surface area contributed by atoms with Gasteiger partial charge in [0.2, 0.25) is 0 Å². The quantitative estimate of drug-likeness (QED) is 0.414. The van der Waals surface area contributed by atoms with Gasteiger partial charge in [-0.15, -0.1) is 0 Å². The summed E-state index contributed by atoms with van der Waals surface area (Å²) >= 11 is 0. The summed E-state index contributed by atoms with van der Waals surface area (Å²) in [6.07, 6.45) is 0. The van der Waals surface area contributed by atoms with Crippen LogP contribution < -0.4 is 0 Å². The second-order valence-electron chi connectivity index (χ2n) is 8.39. The number of benzene rings is 3. The first-order chi connectivity index (χ1) is 11.2. The van der Waals surface area contributed by atoms with Gasteiger partial charge in [-0.3, -0.25) is 0 Å². The minimum atomic E-state index is 0.223. The Bertz CT molecular complexity index is 763. The second-order valence-corrected chi connectivity index (χ2v) is 8.39. The van der Waals surface area contributed by atoms with E-state index < -0.39 is 0 Å². The Morgan fingerprint density at radius 3 is 1.58 bits per heavy atom. The Hall–Kier alpha value is -2.08. The lowest BCUT2D eigenvalue weighted by atomic mass is 9.84. The first-order valence-electron chi connectivity index (χ1n) is 8.73. The van der Waals surface area contributed by atoms with Crippen LogP contribution in [0.4, 0.5) is 0 Å². The summed E-state index contributed by atoms with van der Waals surface area (Å²) in [5.74, 6) is 0. The van der Waals surface area contributed by atoms with E-state index in [0.717, 1.165) is 0 Å². The van der Waals surface area contributed by atoms with Crippen LogP contribution in [0, 0.1) is 0 Å². The molecule has 126 valence electrons. The standard InChI is InChI=1S/C14H16.C10H14/c1-14(2,3)13-10-6-8-11-7-4-5-9-12(11)13;1-10(2,3)9-7-5-4-6-8-9/h4-10H,1-3H3;4-8H,1-3H3. The van der Waals surface area contributed by atoms with E-state index in [9.17, 15) is 0 Å². The third-order valence-electron chi connectivity index (χ3n) is 4.24. The maximum absolute atomic E-state index is 2.26. The van der Waals surface area contributed by atoms with E-state index in [1.165, 1.54) is 21.9 Å². The largest absolute Gasteiger partial charge is 0.0622 e. The van der Waals surface area contributed by atoms with E-state index in [4.69, 9.17) is 0 Å². The van der Waals surface area contributed by atoms with Gasteiger partial charge in [-0.2, -0.15) is 0 Å². The molecule has 0 unspecified atom stereocenters. The first-order valence-corrected chi connectivity index (χ1v) is 8.73. The van der Waals surface area contributed by atoms with E-state index in [1.807, 2.05) is 0 Å². The SMILES string of the molecule is CC(C)(C)c1cccc2ccccc12.CC(C)(C)c1ccccc1. The van der Waals surface area contributed by atoms with E-state index in [2.05, 4.69) is 114 Å². The highest BCUT2D eigenvalue weighted by atomic mass is 14.2. The summed E-state index contributed by atoms with van der Waals surface area (Å²) in [6, 6.07) is 25.7. The Kier molecular flexibility index (Phi) is 5.49. The molecule has 0 heteroatoms. The first kappa shape index (κ1) is 18.3. The molecule has 3 aromatic rings. The lowest BCUT2D eigenvalue weighted by Gasteiger charge is -2.21. The van der Waals surface area contributed by atoms with Crippen molar-refractivity contribution in [2.45, 2.75) is 52.4 Å². The number of hydrogen-bond donors (Lipinski definition) is 0. The lowest BCUT2D eigenvalue weighted by molar-refractivity contribution is 0.590. The third-order valence-corrected chi connectivity index (χ3v) is 4.24. The van der Waals surface area contributed by atoms with Crippen LogP contribution in [0.3, 0.4) is 0 Å². The van der Waals surface area contributed by atoms with Gasteiger partial charge in [0, 0.05) is 0 Å². The molecule has 0 bridgehead atoms. The molecule has 0 saturated carbocycles. The van der Waals surface area contributed by atoms with Gasteiger partial charge in [-0.25, -0.2) is 0 Å². The molecule has 0 N–H and O–H groups in total. The summed E-state index contributed by atoms with van der Waals surface area (Å²) in [6.45, 7) is 13.4. The fraction of sp³-hybridized carbons (Fsp3) is 0.333. The highest BCUT2D eigenvalue weighted by Gasteiger charge is 2.15. The van der Waals surface area contributed by atoms with Crippen LogP contribution in [0.25, 0.3) is 10.8 Å².